The number of nitrogens with one attached hydrogen (secondary N) is 1. The Bertz CT molecular complexity index is 1120. The maximum Gasteiger partial charge on any atom is 0.226 e. The molecule has 0 radical (unpaired) electrons. The molecule has 1 atom stereocenters. The van der Waals surface area contributed by atoms with Gasteiger partial charge in [-0.2, -0.15) is 0 Å². The van der Waals surface area contributed by atoms with Gasteiger partial charge in [0, 0.05) is 30.9 Å². The largest absolute Gasteiger partial charge is 0.326 e. The van der Waals surface area contributed by atoms with E-state index in [1.54, 1.807) is 17.4 Å². The summed E-state index contributed by atoms with van der Waals surface area (Å²) < 4.78 is 1.94. The molecule has 2 amide bonds. The SMILES string of the molecule is CCn1cnnc1-c1cccc(NC(=O)CC2c3ccccc3C=CN2C(C)=O)c1. The smallest absolute Gasteiger partial charge is 0.226 e. The first-order valence-electron chi connectivity index (χ1n) is 9.91. The molecule has 0 spiro atoms. The van der Waals surface area contributed by atoms with E-state index in [1.165, 1.54) is 6.92 Å². The van der Waals surface area contributed by atoms with Crippen molar-refractivity contribution in [2.45, 2.75) is 32.9 Å². The fraction of sp³-hybridized carbons (Fsp3) is 0.217. The van der Waals surface area contributed by atoms with E-state index < -0.39 is 0 Å². The molecule has 30 heavy (non-hydrogen) atoms. The lowest BCUT2D eigenvalue weighted by molar-refractivity contribution is -0.129. The summed E-state index contributed by atoms with van der Waals surface area (Å²) in [7, 11) is 0. The molecule has 7 nitrogen and oxygen atoms in total. The molecular weight excluding hydrogens is 378 g/mol. The molecule has 0 bridgehead atoms. The van der Waals surface area contributed by atoms with Gasteiger partial charge in [-0.25, -0.2) is 0 Å². The molecule has 152 valence electrons. The minimum absolute atomic E-state index is 0.0977. The Morgan fingerprint density at radius 2 is 1.97 bits per heavy atom. The molecule has 3 aromatic rings. The topological polar surface area (TPSA) is 80.1 Å². The lowest BCUT2D eigenvalue weighted by Crippen LogP contribution is -2.33. The second-order valence-electron chi connectivity index (χ2n) is 7.16. The van der Waals surface area contributed by atoms with Gasteiger partial charge in [0.15, 0.2) is 5.82 Å². The van der Waals surface area contributed by atoms with Gasteiger partial charge in [0.2, 0.25) is 11.8 Å². The van der Waals surface area contributed by atoms with Gasteiger partial charge in [0.25, 0.3) is 0 Å². The van der Waals surface area contributed by atoms with E-state index in [4.69, 9.17) is 0 Å². The number of nitrogens with zero attached hydrogens (tertiary/aromatic N) is 4. The molecule has 1 aliphatic heterocycles. The molecule has 1 aromatic heterocycles. The number of amides is 2. The summed E-state index contributed by atoms with van der Waals surface area (Å²) in [5.41, 5.74) is 3.55. The Labute approximate surface area is 175 Å². The van der Waals surface area contributed by atoms with Crippen LogP contribution in [0.3, 0.4) is 0 Å². The van der Waals surface area contributed by atoms with Gasteiger partial charge in [-0.1, -0.05) is 36.4 Å². The quantitative estimate of drug-likeness (QED) is 0.704. The first-order valence-corrected chi connectivity index (χ1v) is 9.91. The van der Waals surface area contributed by atoms with Crippen molar-refractivity contribution in [3.8, 4) is 11.4 Å². The zero-order chi connectivity index (χ0) is 21.1. The van der Waals surface area contributed by atoms with Crippen LogP contribution < -0.4 is 5.32 Å². The summed E-state index contributed by atoms with van der Waals surface area (Å²) >= 11 is 0. The third-order valence-electron chi connectivity index (χ3n) is 5.21. The number of rotatable bonds is 5. The zero-order valence-electron chi connectivity index (χ0n) is 16.9. The van der Waals surface area contributed by atoms with E-state index in [9.17, 15) is 9.59 Å². The van der Waals surface area contributed by atoms with Crippen LogP contribution in [-0.2, 0) is 16.1 Å². The maximum atomic E-state index is 12.9. The highest BCUT2D eigenvalue weighted by atomic mass is 16.2. The normalized spacial score (nSPS) is 15.0. The number of fused-ring (bicyclic) bond motifs is 1. The summed E-state index contributed by atoms with van der Waals surface area (Å²) in [6, 6.07) is 15.0. The van der Waals surface area contributed by atoms with Crippen LogP contribution in [0.1, 0.15) is 37.4 Å². The fourth-order valence-corrected chi connectivity index (χ4v) is 3.75. The van der Waals surface area contributed by atoms with E-state index in [1.807, 2.05) is 66.1 Å². The van der Waals surface area contributed by atoms with Crippen molar-refractivity contribution in [2.24, 2.45) is 0 Å². The van der Waals surface area contributed by atoms with Crippen molar-refractivity contribution in [1.82, 2.24) is 19.7 Å². The standard InChI is InChI=1S/C23H23N5O2/c1-3-27-15-24-26-23(27)18-8-6-9-19(13-18)25-22(30)14-21-20-10-5-4-7-17(20)11-12-28(21)16(2)29/h4-13,15,21H,3,14H2,1-2H3,(H,25,30). The van der Waals surface area contributed by atoms with Crippen LogP contribution in [0.2, 0.25) is 0 Å². The highest BCUT2D eigenvalue weighted by Gasteiger charge is 2.28. The first-order chi connectivity index (χ1) is 14.6. The number of aryl methyl sites for hydroxylation is 1. The van der Waals surface area contributed by atoms with Crippen LogP contribution in [0.4, 0.5) is 5.69 Å². The summed E-state index contributed by atoms with van der Waals surface area (Å²) in [4.78, 5) is 26.6. The fourth-order valence-electron chi connectivity index (χ4n) is 3.75. The van der Waals surface area contributed by atoms with Gasteiger partial charge in [-0.05, 0) is 36.3 Å². The van der Waals surface area contributed by atoms with E-state index in [0.29, 0.717) is 5.69 Å². The Kier molecular flexibility index (Phi) is 5.43. The minimum atomic E-state index is -0.338. The van der Waals surface area contributed by atoms with Crippen LogP contribution in [-0.4, -0.2) is 31.5 Å². The van der Waals surface area contributed by atoms with Crippen molar-refractivity contribution in [3.05, 3.63) is 72.2 Å². The molecule has 2 heterocycles. The van der Waals surface area contributed by atoms with Crippen molar-refractivity contribution < 1.29 is 9.59 Å². The van der Waals surface area contributed by atoms with Gasteiger partial charge in [-0.15, -0.1) is 10.2 Å². The summed E-state index contributed by atoms with van der Waals surface area (Å²) in [5.74, 6) is 0.493. The third-order valence-corrected chi connectivity index (χ3v) is 5.21. The molecule has 7 heteroatoms. The van der Waals surface area contributed by atoms with Gasteiger partial charge in [0.1, 0.15) is 6.33 Å². The predicted molar refractivity (Wildman–Crippen MR) is 115 cm³/mol. The number of benzene rings is 2. The molecule has 0 saturated heterocycles. The van der Waals surface area contributed by atoms with Gasteiger partial charge < -0.3 is 14.8 Å². The van der Waals surface area contributed by atoms with E-state index in [2.05, 4.69) is 15.5 Å². The zero-order valence-corrected chi connectivity index (χ0v) is 16.9. The minimum Gasteiger partial charge on any atom is -0.326 e. The van der Waals surface area contributed by atoms with Crippen molar-refractivity contribution in [3.63, 3.8) is 0 Å². The maximum absolute atomic E-state index is 12.9. The lowest BCUT2D eigenvalue weighted by atomic mass is 9.93. The summed E-state index contributed by atoms with van der Waals surface area (Å²) in [5, 5.41) is 11.1. The molecule has 2 aromatic carbocycles. The number of hydrogen-bond acceptors (Lipinski definition) is 4. The molecule has 1 aliphatic rings. The Balaban J connectivity index is 1.54. The van der Waals surface area contributed by atoms with Gasteiger partial charge in [-0.3, -0.25) is 9.59 Å². The number of anilines is 1. The van der Waals surface area contributed by atoms with Crippen LogP contribution in [0.15, 0.2) is 61.1 Å². The van der Waals surface area contributed by atoms with Crippen LogP contribution in [0, 0.1) is 0 Å². The lowest BCUT2D eigenvalue weighted by Gasteiger charge is -2.32. The first kappa shape index (κ1) is 19.6. The number of carbonyl (C=O) groups is 2. The monoisotopic (exact) mass is 401 g/mol. The number of hydrogen-bond donors (Lipinski definition) is 1. The third kappa shape index (κ3) is 3.87. The molecule has 0 aliphatic carbocycles. The summed E-state index contributed by atoms with van der Waals surface area (Å²) in [6.07, 6.45) is 5.50. The van der Waals surface area contributed by atoms with Crippen LogP contribution >= 0.6 is 0 Å². The Morgan fingerprint density at radius 1 is 1.13 bits per heavy atom. The molecule has 1 unspecified atom stereocenters. The molecular formula is C23H23N5O2. The average Bonchev–Trinajstić information content (AvgIpc) is 3.23. The van der Waals surface area contributed by atoms with Crippen LogP contribution in [0.25, 0.3) is 17.5 Å². The predicted octanol–water partition coefficient (Wildman–Crippen LogP) is 3.87. The Hall–Kier alpha value is -3.74. The van der Waals surface area contributed by atoms with Gasteiger partial charge >= 0.3 is 0 Å². The van der Waals surface area contributed by atoms with Crippen molar-refractivity contribution >= 4 is 23.6 Å². The molecule has 1 N–H and O–H groups in total. The van der Waals surface area contributed by atoms with E-state index in [0.717, 1.165) is 29.1 Å². The number of carbonyl (C=O) groups excluding carboxylic acids is 2. The number of aromatic nitrogens is 3. The second kappa shape index (κ2) is 8.32. The highest BCUT2D eigenvalue weighted by Crippen LogP contribution is 2.33. The highest BCUT2D eigenvalue weighted by molar-refractivity contribution is 5.92. The van der Waals surface area contributed by atoms with E-state index in [-0.39, 0.29) is 24.3 Å². The summed E-state index contributed by atoms with van der Waals surface area (Å²) in [6.45, 7) is 4.29. The molecule has 4 rings (SSSR count). The molecule has 0 fully saturated rings. The van der Waals surface area contributed by atoms with Crippen molar-refractivity contribution in [1.29, 1.82) is 0 Å². The molecule has 0 saturated carbocycles. The van der Waals surface area contributed by atoms with Crippen LogP contribution in [0.5, 0.6) is 0 Å². The van der Waals surface area contributed by atoms with Crippen molar-refractivity contribution in [2.75, 3.05) is 5.32 Å². The average molecular weight is 401 g/mol. The second-order valence-corrected chi connectivity index (χ2v) is 7.16. The van der Waals surface area contributed by atoms with Gasteiger partial charge in [0.05, 0.1) is 12.5 Å². The van der Waals surface area contributed by atoms with E-state index >= 15 is 0 Å². The Morgan fingerprint density at radius 3 is 2.77 bits per heavy atom.